The van der Waals surface area contributed by atoms with Crippen LogP contribution >= 0.6 is 0 Å². The van der Waals surface area contributed by atoms with Gasteiger partial charge in [-0.25, -0.2) is 4.39 Å². The highest BCUT2D eigenvalue weighted by Gasteiger charge is 2.10. The van der Waals surface area contributed by atoms with Crippen molar-refractivity contribution < 1.29 is 9.18 Å². The Labute approximate surface area is 89.3 Å². The van der Waals surface area contributed by atoms with Gasteiger partial charge in [-0.3, -0.25) is 4.79 Å². The highest BCUT2D eigenvalue weighted by Crippen LogP contribution is 2.10. The van der Waals surface area contributed by atoms with Crippen LogP contribution in [0.4, 0.5) is 4.39 Å². The van der Waals surface area contributed by atoms with E-state index in [1.54, 1.807) is 18.2 Å². The van der Waals surface area contributed by atoms with Crippen LogP contribution < -0.4 is 5.73 Å². The maximum atomic E-state index is 13.2. The fourth-order valence-corrected chi connectivity index (χ4v) is 1.40. The fraction of sp³-hybridized carbons (Fsp3) is 0.417. The molecule has 1 atom stereocenters. The van der Waals surface area contributed by atoms with Crippen LogP contribution in [0.15, 0.2) is 24.3 Å². The van der Waals surface area contributed by atoms with Crippen molar-refractivity contribution in [2.24, 2.45) is 11.7 Å². The number of Topliss-reactive ketones (excluding diaryl/α,β-unsaturated/α-hetero) is 1. The molecule has 1 unspecified atom stereocenters. The van der Waals surface area contributed by atoms with E-state index in [1.165, 1.54) is 6.07 Å². The zero-order valence-corrected chi connectivity index (χ0v) is 8.87. The molecule has 0 fully saturated rings. The third kappa shape index (κ3) is 3.80. The Morgan fingerprint density at radius 2 is 2.13 bits per heavy atom. The monoisotopic (exact) mass is 209 g/mol. The van der Waals surface area contributed by atoms with Crippen LogP contribution in [0.25, 0.3) is 0 Å². The molecule has 0 aliphatic carbocycles. The molecule has 0 amide bonds. The van der Waals surface area contributed by atoms with Crippen LogP contribution in [0, 0.1) is 11.7 Å². The SMILES string of the molecule is CC(CN)CC(=O)Cc1ccccc1F. The molecule has 1 aromatic carbocycles. The number of carbonyl (C=O) groups is 1. The minimum Gasteiger partial charge on any atom is -0.330 e. The molecule has 1 aromatic rings. The standard InChI is InChI=1S/C12H16FNO/c1-9(8-14)6-11(15)7-10-4-2-3-5-12(10)13/h2-5,9H,6-8,14H2,1H3. The molecular weight excluding hydrogens is 193 g/mol. The van der Waals surface area contributed by atoms with Crippen molar-refractivity contribution in [3.8, 4) is 0 Å². The van der Waals surface area contributed by atoms with Gasteiger partial charge in [-0.2, -0.15) is 0 Å². The van der Waals surface area contributed by atoms with Crippen LogP contribution in [-0.4, -0.2) is 12.3 Å². The predicted molar refractivity (Wildman–Crippen MR) is 57.9 cm³/mol. The van der Waals surface area contributed by atoms with Gasteiger partial charge in [-0.05, 0) is 24.1 Å². The van der Waals surface area contributed by atoms with Gasteiger partial charge in [0.15, 0.2) is 0 Å². The van der Waals surface area contributed by atoms with Gasteiger partial charge in [0.05, 0.1) is 0 Å². The molecule has 0 aliphatic rings. The van der Waals surface area contributed by atoms with E-state index in [1.807, 2.05) is 6.92 Å². The number of carbonyl (C=O) groups excluding carboxylic acids is 1. The first-order valence-corrected chi connectivity index (χ1v) is 5.08. The number of rotatable bonds is 5. The van der Waals surface area contributed by atoms with E-state index in [-0.39, 0.29) is 23.9 Å². The lowest BCUT2D eigenvalue weighted by molar-refractivity contribution is -0.119. The lowest BCUT2D eigenvalue weighted by Crippen LogP contribution is -2.16. The maximum absolute atomic E-state index is 13.2. The number of benzene rings is 1. The summed E-state index contributed by atoms with van der Waals surface area (Å²) < 4.78 is 13.2. The third-order valence-electron chi connectivity index (χ3n) is 2.32. The Hall–Kier alpha value is -1.22. The van der Waals surface area contributed by atoms with Crippen LogP contribution in [-0.2, 0) is 11.2 Å². The van der Waals surface area contributed by atoms with Gasteiger partial charge in [-0.1, -0.05) is 25.1 Å². The molecule has 0 spiro atoms. The summed E-state index contributed by atoms with van der Waals surface area (Å²) in [7, 11) is 0. The molecule has 2 N–H and O–H groups in total. The first-order valence-electron chi connectivity index (χ1n) is 5.08. The molecule has 0 saturated carbocycles. The average molecular weight is 209 g/mol. The molecule has 1 rings (SSSR count). The van der Waals surface area contributed by atoms with Crippen molar-refractivity contribution in [1.82, 2.24) is 0 Å². The van der Waals surface area contributed by atoms with Crippen molar-refractivity contribution in [2.75, 3.05) is 6.54 Å². The van der Waals surface area contributed by atoms with Gasteiger partial charge in [-0.15, -0.1) is 0 Å². The predicted octanol–water partition coefficient (Wildman–Crippen LogP) is 1.92. The summed E-state index contributed by atoms with van der Waals surface area (Å²) in [6.45, 7) is 2.41. The summed E-state index contributed by atoms with van der Waals surface area (Å²) >= 11 is 0. The van der Waals surface area contributed by atoms with E-state index >= 15 is 0 Å². The molecule has 0 saturated heterocycles. The van der Waals surface area contributed by atoms with Gasteiger partial charge in [0.2, 0.25) is 0 Å². The Kier molecular flexibility index (Phi) is 4.43. The van der Waals surface area contributed by atoms with Crippen molar-refractivity contribution in [3.63, 3.8) is 0 Å². The van der Waals surface area contributed by atoms with Gasteiger partial charge in [0.1, 0.15) is 11.6 Å². The Bertz CT molecular complexity index is 338. The number of ketones is 1. The van der Waals surface area contributed by atoms with E-state index in [0.29, 0.717) is 18.5 Å². The number of halogens is 1. The quantitative estimate of drug-likeness (QED) is 0.805. The van der Waals surface area contributed by atoms with Crippen molar-refractivity contribution in [2.45, 2.75) is 19.8 Å². The lowest BCUT2D eigenvalue weighted by Gasteiger charge is -2.07. The Morgan fingerprint density at radius 1 is 1.47 bits per heavy atom. The summed E-state index contributed by atoms with van der Waals surface area (Å²) in [6, 6.07) is 6.36. The number of hydrogen-bond donors (Lipinski definition) is 1. The first-order chi connectivity index (χ1) is 7.13. The normalized spacial score (nSPS) is 12.5. The van der Waals surface area contributed by atoms with Crippen LogP contribution in [0.5, 0.6) is 0 Å². The molecule has 0 bridgehead atoms. The molecule has 0 aliphatic heterocycles. The summed E-state index contributed by atoms with van der Waals surface area (Å²) in [4.78, 5) is 11.5. The van der Waals surface area contributed by atoms with Crippen LogP contribution in [0.3, 0.4) is 0 Å². The second-order valence-electron chi connectivity index (χ2n) is 3.85. The van der Waals surface area contributed by atoms with Crippen molar-refractivity contribution >= 4 is 5.78 Å². The average Bonchev–Trinajstić information content (AvgIpc) is 2.21. The zero-order chi connectivity index (χ0) is 11.3. The van der Waals surface area contributed by atoms with E-state index in [0.717, 1.165) is 0 Å². The molecule has 15 heavy (non-hydrogen) atoms. The van der Waals surface area contributed by atoms with Gasteiger partial charge < -0.3 is 5.73 Å². The second kappa shape index (κ2) is 5.61. The zero-order valence-electron chi connectivity index (χ0n) is 8.87. The Balaban J connectivity index is 2.55. The topological polar surface area (TPSA) is 43.1 Å². The molecule has 82 valence electrons. The van der Waals surface area contributed by atoms with Crippen molar-refractivity contribution in [3.05, 3.63) is 35.6 Å². The second-order valence-corrected chi connectivity index (χ2v) is 3.85. The molecular formula is C12H16FNO. The van der Waals surface area contributed by atoms with E-state index in [4.69, 9.17) is 5.73 Å². The lowest BCUT2D eigenvalue weighted by atomic mass is 10.00. The van der Waals surface area contributed by atoms with Gasteiger partial charge >= 0.3 is 0 Å². The minimum absolute atomic E-state index is 0.0399. The molecule has 0 aromatic heterocycles. The molecule has 0 radical (unpaired) electrons. The third-order valence-corrected chi connectivity index (χ3v) is 2.32. The largest absolute Gasteiger partial charge is 0.330 e. The number of hydrogen-bond acceptors (Lipinski definition) is 2. The highest BCUT2D eigenvalue weighted by atomic mass is 19.1. The summed E-state index contributed by atoms with van der Waals surface area (Å²) in [5.74, 6) is -0.103. The van der Waals surface area contributed by atoms with Crippen LogP contribution in [0.1, 0.15) is 18.9 Å². The van der Waals surface area contributed by atoms with Gasteiger partial charge in [0.25, 0.3) is 0 Å². The smallest absolute Gasteiger partial charge is 0.137 e. The highest BCUT2D eigenvalue weighted by molar-refractivity contribution is 5.81. The fourth-order valence-electron chi connectivity index (χ4n) is 1.40. The number of nitrogens with two attached hydrogens (primary N) is 1. The van der Waals surface area contributed by atoms with Gasteiger partial charge in [0, 0.05) is 12.8 Å². The maximum Gasteiger partial charge on any atom is 0.137 e. The molecule has 2 nitrogen and oxygen atoms in total. The minimum atomic E-state index is -0.314. The van der Waals surface area contributed by atoms with Crippen LogP contribution in [0.2, 0.25) is 0 Å². The first kappa shape index (κ1) is 11.9. The summed E-state index contributed by atoms with van der Waals surface area (Å²) in [5, 5.41) is 0. The van der Waals surface area contributed by atoms with E-state index in [9.17, 15) is 9.18 Å². The van der Waals surface area contributed by atoms with E-state index in [2.05, 4.69) is 0 Å². The van der Waals surface area contributed by atoms with Crippen molar-refractivity contribution in [1.29, 1.82) is 0 Å². The summed E-state index contributed by atoms with van der Waals surface area (Å²) in [5.41, 5.74) is 5.88. The Morgan fingerprint density at radius 3 is 2.73 bits per heavy atom. The van der Waals surface area contributed by atoms with E-state index < -0.39 is 0 Å². The summed E-state index contributed by atoms with van der Waals surface area (Å²) in [6.07, 6.45) is 0.585. The molecule has 3 heteroatoms. The molecule has 0 heterocycles.